The Kier molecular flexibility index (Phi) is 4.64. The van der Waals surface area contributed by atoms with Gasteiger partial charge in [-0.25, -0.2) is 9.97 Å². The Hall–Kier alpha value is -1.59. The fraction of sp³-hybridized carbons (Fsp3) is 0.500. The summed E-state index contributed by atoms with van der Waals surface area (Å²) in [7, 11) is 3.77. The van der Waals surface area contributed by atoms with E-state index in [0.717, 1.165) is 17.4 Å². The van der Waals surface area contributed by atoms with E-state index in [2.05, 4.69) is 21.9 Å². The Morgan fingerprint density at radius 3 is 2.91 bits per heavy atom. The van der Waals surface area contributed by atoms with Crippen LogP contribution in [0.4, 0.5) is 0 Å². The highest BCUT2D eigenvalue weighted by molar-refractivity contribution is 6.34. The van der Waals surface area contributed by atoms with Crippen molar-refractivity contribution in [3.8, 4) is 11.5 Å². The number of hydrogen-bond donors (Lipinski definition) is 0. The molecule has 1 saturated heterocycles. The minimum atomic E-state index is 0.418. The van der Waals surface area contributed by atoms with Gasteiger partial charge in [0.1, 0.15) is 18.1 Å². The molecule has 2 heterocycles. The van der Waals surface area contributed by atoms with Crippen molar-refractivity contribution < 1.29 is 9.47 Å². The van der Waals surface area contributed by atoms with E-state index in [4.69, 9.17) is 21.1 Å². The van der Waals surface area contributed by atoms with Crippen molar-refractivity contribution in [2.75, 3.05) is 27.3 Å². The van der Waals surface area contributed by atoms with Crippen molar-refractivity contribution in [1.29, 1.82) is 0 Å². The first-order valence-electron chi connectivity index (χ1n) is 7.50. The summed E-state index contributed by atoms with van der Waals surface area (Å²) in [6.07, 6.45) is 5.15. The topological polar surface area (TPSA) is 47.5 Å². The Labute approximate surface area is 135 Å². The number of benzene rings is 1. The summed E-state index contributed by atoms with van der Waals surface area (Å²) in [5, 5.41) is 1.19. The van der Waals surface area contributed by atoms with Crippen LogP contribution < -0.4 is 9.47 Å². The molecule has 1 aromatic carbocycles. The minimum Gasteiger partial charge on any atom is -0.493 e. The number of likely N-dealkylation sites (tertiary alicyclic amines) is 1. The maximum Gasteiger partial charge on any atom is 0.163 e. The van der Waals surface area contributed by atoms with Gasteiger partial charge in [0.25, 0.3) is 0 Å². The second-order valence-electron chi connectivity index (χ2n) is 5.63. The zero-order valence-electron chi connectivity index (χ0n) is 12.9. The van der Waals surface area contributed by atoms with Crippen LogP contribution in [0.5, 0.6) is 11.5 Å². The standard InChI is InChI=1S/C16H20ClN3O2/c1-20-6-4-3-5-11(20)9-22-15-8-13-12(7-14(15)21-2)16(17)19-10-18-13/h7-8,10-11H,3-6,9H2,1-2H3. The Bertz CT molecular complexity index is 665. The number of fused-ring (bicyclic) bond motifs is 1. The summed E-state index contributed by atoms with van der Waals surface area (Å²) < 4.78 is 11.4. The van der Waals surface area contributed by atoms with Crippen LogP contribution in [0.3, 0.4) is 0 Å². The zero-order chi connectivity index (χ0) is 15.5. The van der Waals surface area contributed by atoms with E-state index in [-0.39, 0.29) is 0 Å². The van der Waals surface area contributed by atoms with Gasteiger partial charge in [0.15, 0.2) is 11.5 Å². The van der Waals surface area contributed by atoms with Gasteiger partial charge in [-0.1, -0.05) is 18.0 Å². The van der Waals surface area contributed by atoms with E-state index >= 15 is 0 Å². The van der Waals surface area contributed by atoms with Gasteiger partial charge in [-0.2, -0.15) is 0 Å². The van der Waals surface area contributed by atoms with Gasteiger partial charge < -0.3 is 14.4 Å². The first-order chi connectivity index (χ1) is 10.7. The smallest absolute Gasteiger partial charge is 0.163 e. The number of hydrogen-bond acceptors (Lipinski definition) is 5. The van der Waals surface area contributed by atoms with Crippen LogP contribution in [-0.4, -0.2) is 48.2 Å². The molecule has 0 radical (unpaired) electrons. The quantitative estimate of drug-likeness (QED) is 0.810. The van der Waals surface area contributed by atoms with Crippen molar-refractivity contribution >= 4 is 22.5 Å². The number of piperidine rings is 1. The molecule has 3 rings (SSSR count). The predicted molar refractivity (Wildman–Crippen MR) is 86.9 cm³/mol. The molecule has 2 aromatic rings. The summed E-state index contributed by atoms with van der Waals surface area (Å²) in [6.45, 7) is 1.78. The van der Waals surface area contributed by atoms with Gasteiger partial charge in [-0.05, 0) is 32.5 Å². The molecule has 6 heteroatoms. The molecular weight excluding hydrogens is 302 g/mol. The van der Waals surface area contributed by atoms with Crippen molar-refractivity contribution in [3.63, 3.8) is 0 Å². The normalized spacial score (nSPS) is 19.3. The third kappa shape index (κ3) is 3.10. The Balaban J connectivity index is 1.83. The van der Waals surface area contributed by atoms with E-state index in [1.54, 1.807) is 7.11 Å². The molecule has 5 nitrogen and oxygen atoms in total. The lowest BCUT2D eigenvalue weighted by molar-refractivity contribution is 0.123. The molecule has 0 saturated carbocycles. The lowest BCUT2D eigenvalue weighted by atomic mass is 10.0. The SMILES string of the molecule is COc1cc2c(Cl)ncnc2cc1OCC1CCCCN1C. The van der Waals surface area contributed by atoms with Crippen LogP contribution in [-0.2, 0) is 0 Å². The summed E-state index contributed by atoms with van der Waals surface area (Å²) in [5.74, 6) is 1.35. The number of rotatable bonds is 4. The molecule has 1 aliphatic rings. The molecule has 1 atom stereocenters. The van der Waals surface area contributed by atoms with E-state index in [1.165, 1.54) is 25.6 Å². The number of methoxy groups -OCH3 is 1. The van der Waals surface area contributed by atoms with Gasteiger partial charge in [0.05, 0.1) is 12.6 Å². The third-order valence-corrected chi connectivity index (χ3v) is 4.53. The molecule has 1 aromatic heterocycles. The van der Waals surface area contributed by atoms with E-state index in [1.807, 2.05) is 12.1 Å². The largest absolute Gasteiger partial charge is 0.493 e. The highest BCUT2D eigenvalue weighted by Crippen LogP contribution is 2.34. The Morgan fingerprint density at radius 1 is 1.27 bits per heavy atom. The fourth-order valence-electron chi connectivity index (χ4n) is 2.85. The van der Waals surface area contributed by atoms with E-state index in [9.17, 15) is 0 Å². The van der Waals surface area contributed by atoms with E-state index in [0.29, 0.717) is 29.3 Å². The lowest BCUT2D eigenvalue weighted by Gasteiger charge is -2.32. The average molecular weight is 322 g/mol. The van der Waals surface area contributed by atoms with Crippen LogP contribution in [0.15, 0.2) is 18.5 Å². The number of aromatic nitrogens is 2. The van der Waals surface area contributed by atoms with Crippen LogP contribution in [0.25, 0.3) is 10.9 Å². The molecule has 1 fully saturated rings. The molecular formula is C16H20ClN3O2. The Morgan fingerprint density at radius 2 is 2.14 bits per heavy atom. The van der Waals surface area contributed by atoms with Gasteiger partial charge in [-0.3, -0.25) is 0 Å². The molecule has 1 aliphatic heterocycles. The first kappa shape index (κ1) is 15.3. The van der Waals surface area contributed by atoms with Gasteiger partial charge in [-0.15, -0.1) is 0 Å². The van der Waals surface area contributed by atoms with Crippen molar-refractivity contribution in [1.82, 2.24) is 14.9 Å². The number of ether oxygens (including phenoxy) is 2. The second-order valence-corrected chi connectivity index (χ2v) is 5.98. The maximum atomic E-state index is 6.10. The summed E-state index contributed by atoms with van der Waals surface area (Å²) in [4.78, 5) is 10.6. The minimum absolute atomic E-state index is 0.418. The molecule has 0 aliphatic carbocycles. The van der Waals surface area contributed by atoms with Gasteiger partial charge in [0.2, 0.25) is 0 Å². The van der Waals surface area contributed by atoms with Gasteiger partial charge >= 0.3 is 0 Å². The molecule has 0 amide bonds. The molecule has 22 heavy (non-hydrogen) atoms. The summed E-state index contributed by atoms with van der Waals surface area (Å²) >= 11 is 6.10. The van der Waals surface area contributed by atoms with Crippen molar-refractivity contribution in [3.05, 3.63) is 23.6 Å². The van der Waals surface area contributed by atoms with Crippen LogP contribution in [0, 0.1) is 0 Å². The fourth-order valence-corrected chi connectivity index (χ4v) is 3.04. The molecule has 1 unspecified atom stereocenters. The van der Waals surface area contributed by atoms with Gasteiger partial charge in [0, 0.05) is 17.5 Å². The molecule has 0 N–H and O–H groups in total. The average Bonchev–Trinajstić information content (AvgIpc) is 2.54. The van der Waals surface area contributed by atoms with E-state index < -0.39 is 0 Å². The second kappa shape index (κ2) is 6.67. The third-order valence-electron chi connectivity index (χ3n) is 4.22. The zero-order valence-corrected chi connectivity index (χ0v) is 13.6. The summed E-state index contributed by atoms with van der Waals surface area (Å²) in [6, 6.07) is 4.14. The van der Waals surface area contributed by atoms with Crippen molar-refractivity contribution in [2.24, 2.45) is 0 Å². The maximum absolute atomic E-state index is 6.10. The molecule has 118 valence electrons. The molecule has 0 bridgehead atoms. The predicted octanol–water partition coefficient (Wildman–Crippen LogP) is 3.15. The first-order valence-corrected chi connectivity index (χ1v) is 7.88. The number of nitrogens with zero attached hydrogens (tertiary/aromatic N) is 3. The monoisotopic (exact) mass is 321 g/mol. The lowest BCUT2D eigenvalue weighted by Crippen LogP contribution is -2.40. The summed E-state index contributed by atoms with van der Waals surface area (Å²) in [5.41, 5.74) is 0.757. The van der Waals surface area contributed by atoms with Crippen LogP contribution in [0.2, 0.25) is 5.15 Å². The van der Waals surface area contributed by atoms with Crippen molar-refractivity contribution in [2.45, 2.75) is 25.3 Å². The highest BCUT2D eigenvalue weighted by Gasteiger charge is 2.20. The van der Waals surface area contributed by atoms with Crippen LogP contribution in [0.1, 0.15) is 19.3 Å². The number of likely N-dealkylation sites (N-methyl/N-ethyl adjacent to an activating group) is 1. The molecule has 0 spiro atoms. The highest BCUT2D eigenvalue weighted by atomic mass is 35.5. The van der Waals surface area contributed by atoms with Crippen LogP contribution >= 0.6 is 11.6 Å². The number of halogens is 1.